The van der Waals surface area contributed by atoms with Crippen LogP contribution in [0.3, 0.4) is 0 Å². The largest absolute Gasteiger partial charge is 0.385 e. The third-order valence-electron chi connectivity index (χ3n) is 3.03. The van der Waals surface area contributed by atoms with E-state index in [2.05, 4.69) is 20.8 Å². The van der Waals surface area contributed by atoms with E-state index in [1.165, 1.54) is 5.56 Å². The lowest BCUT2D eigenvalue weighted by atomic mass is 10.0. The summed E-state index contributed by atoms with van der Waals surface area (Å²) in [7, 11) is 0. The van der Waals surface area contributed by atoms with Crippen LogP contribution >= 0.6 is 0 Å². The van der Waals surface area contributed by atoms with Crippen molar-refractivity contribution in [2.24, 2.45) is 0 Å². The van der Waals surface area contributed by atoms with Gasteiger partial charge in [-0.2, -0.15) is 4.98 Å². The summed E-state index contributed by atoms with van der Waals surface area (Å²) in [6, 6.07) is 5.82. The molecule has 0 radical (unpaired) electrons. The van der Waals surface area contributed by atoms with Crippen molar-refractivity contribution in [2.75, 3.05) is 17.2 Å². The number of benzene rings is 1. The average molecular weight is 258 g/mol. The monoisotopic (exact) mass is 258 g/mol. The van der Waals surface area contributed by atoms with E-state index in [0.29, 0.717) is 5.89 Å². The highest BCUT2D eigenvalue weighted by molar-refractivity contribution is 6.01. The Morgan fingerprint density at radius 2 is 2.37 bits per heavy atom. The predicted molar refractivity (Wildman–Crippen MR) is 70.2 cm³/mol. The Morgan fingerprint density at radius 3 is 3.16 bits per heavy atom. The summed E-state index contributed by atoms with van der Waals surface area (Å²) in [4.78, 5) is 15.8. The molecule has 0 bridgehead atoms. The molecule has 0 unspecified atom stereocenters. The van der Waals surface area contributed by atoms with E-state index in [-0.39, 0.29) is 11.7 Å². The normalized spacial score (nSPS) is 13.5. The zero-order chi connectivity index (χ0) is 13.2. The molecule has 1 amide bonds. The molecular formula is C13H14N4O2. The number of nitrogens with one attached hydrogen (secondary N) is 2. The maximum absolute atomic E-state index is 11.9. The van der Waals surface area contributed by atoms with Gasteiger partial charge in [0.25, 0.3) is 11.7 Å². The smallest absolute Gasteiger partial charge is 0.297 e. The lowest BCUT2D eigenvalue weighted by Gasteiger charge is -2.18. The number of carbonyl (C=O) groups is 1. The van der Waals surface area contributed by atoms with E-state index in [1.807, 2.05) is 18.2 Å². The van der Waals surface area contributed by atoms with Crippen LogP contribution in [-0.2, 0) is 6.42 Å². The number of amides is 1. The molecule has 0 fully saturated rings. The molecule has 19 heavy (non-hydrogen) atoms. The fraction of sp³-hybridized carbons (Fsp3) is 0.308. The van der Waals surface area contributed by atoms with Gasteiger partial charge in [0.15, 0.2) is 0 Å². The zero-order valence-electron chi connectivity index (χ0n) is 10.6. The first-order valence-corrected chi connectivity index (χ1v) is 6.21. The summed E-state index contributed by atoms with van der Waals surface area (Å²) in [5.41, 5.74) is 3.10. The van der Waals surface area contributed by atoms with Gasteiger partial charge in [-0.05, 0) is 36.6 Å². The molecule has 1 aromatic carbocycles. The first-order valence-electron chi connectivity index (χ1n) is 6.21. The third-order valence-corrected chi connectivity index (χ3v) is 3.03. The van der Waals surface area contributed by atoms with Gasteiger partial charge in [-0.3, -0.25) is 4.79 Å². The number of nitrogens with zero attached hydrogens (tertiary/aromatic N) is 2. The molecule has 1 aliphatic heterocycles. The zero-order valence-corrected chi connectivity index (χ0v) is 10.6. The third kappa shape index (κ3) is 2.42. The molecule has 2 N–H and O–H groups in total. The molecule has 1 aromatic heterocycles. The van der Waals surface area contributed by atoms with E-state index in [0.717, 1.165) is 30.8 Å². The van der Waals surface area contributed by atoms with E-state index in [1.54, 1.807) is 6.92 Å². The molecule has 0 aliphatic carbocycles. The van der Waals surface area contributed by atoms with Crippen molar-refractivity contribution >= 4 is 17.3 Å². The van der Waals surface area contributed by atoms with E-state index in [4.69, 9.17) is 4.52 Å². The topological polar surface area (TPSA) is 80.0 Å². The number of aryl methyl sites for hydroxylation is 2. The van der Waals surface area contributed by atoms with E-state index >= 15 is 0 Å². The van der Waals surface area contributed by atoms with Gasteiger partial charge in [-0.1, -0.05) is 5.16 Å². The molecule has 0 saturated heterocycles. The minimum absolute atomic E-state index is 0.0494. The molecule has 2 aromatic rings. The van der Waals surface area contributed by atoms with E-state index in [9.17, 15) is 4.79 Å². The number of rotatable bonds is 2. The molecule has 2 heterocycles. The van der Waals surface area contributed by atoms with Gasteiger partial charge in [0.05, 0.1) is 0 Å². The Morgan fingerprint density at radius 1 is 1.47 bits per heavy atom. The second-order valence-corrected chi connectivity index (χ2v) is 4.49. The molecule has 0 atom stereocenters. The number of carbonyl (C=O) groups excluding carboxylic acids is 1. The SMILES string of the molecule is Cc1nc(C(=O)Nc2ccc3c(c2)CCCN3)no1. The van der Waals surface area contributed by atoms with Crippen LogP contribution in [0, 0.1) is 6.92 Å². The summed E-state index contributed by atoms with van der Waals surface area (Å²) in [5.74, 6) is 0.0636. The van der Waals surface area contributed by atoms with Crippen molar-refractivity contribution in [3.8, 4) is 0 Å². The maximum Gasteiger partial charge on any atom is 0.297 e. The van der Waals surface area contributed by atoms with Crippen molar-refractivity contribution in [2.45, 2.75) is 19.8 Å². The second-order valence-electron chi connectivity index (χ2n) is 4.49. The fourth-order valence-electron chi connectivity index (χ4n) is 2.13. The van der Waals surface area contributed by atoms with Crippen LogP contribution in [-0.4, -0.2) is 22.6 Å². The van der Waals surface area contributed by atoms with Gasteiger partial charge in [0.2, 0.25) is 5.89 Å². The Labute approximate surface area is 110 Å². The molecule has 6 nitrogen and oxygen atoms in total. The summed E-state index contributed by atoms with van der Waals surface area (Å²) in [5, 5.41) is 9.68. The summed E-state index contributed by atoms with van der Waals surface area (Å²) < 4.78 is 4.78. The Balaban J connectivity index is 1.78. The highest BCUT2D eigenvalue weighted by atomic mass is 16.5. The highest BCUT2D eigenvalue weighted by Gasteiger charge is 2.14. The first-order chi connectivity index (χ1) is 9.22. The van der Waals surface area contributed by atoms with Crippen molar-refractivity contribution in [1.82, 2.24) is 10.1 Å². The molecule has 0 saturated carbocycles. The van der Waals surface area contributed by atoms with E-state index < -0.39 is 0 Å². The van der Waals surface area contributed by atoms with Gasteiger partial charge in [-0.15, -0.1) is 0 Å². The van der Waals surface area contributed by atoms with Crippen LogP contribution in [0.4, 0.5) is 11.4 Å². The van der Waals surface area contributed by atoms with Crippen molar-refractivity contribution < 1.29 is 9.32 Å². The number of hydrogen-bond acceptors (Lipinski definition) is 5. The van der Waals surface area contributed by atoms with Crippen LogP contribution in [0.1, 0.15) is 28.5 Å². The molecule has 98 valence electrons. The molecular weight excluding hydrogens is 244 g/mol. The summed E-state index contributed by atoms with van der Waals surface area (Å²) >= 11 is 0. The van der Waals surface area contributed by atoms with Crippen LogP contribution in [0.5, 0.6) is 0 Å². The maximum atomic E-state index is 11.9. The average Bonchev–Trinajstić information content (AvgIpc) is 2.85. The fourth-order valence-corrected chi connectivity index (χ4v) is 2.13. The van der Waals surface area contributed by atoms with Gasteiger partial charge in [0.1, 0.15) is 0 Å². The minimum atomic E-state index is -0.361. The number of hydrogen-bond donors (Lipinski definition) is 2. The van der Waals surface area contributed by atoms with Crippen LogP contribution < -0.4 is 10.6 Å². The molecule has 3 rings (SSSR count). The molecule has 1 aliphatic rings. The minimum Gasteiger partial charge on any atom is -0.385 e. The molecule has 0 spiro atoms. The highest BCUT2D eigenvalue weighted by Crippen LogP contribution is 2.25. The van der Waals surface area contributed by atoms with Crippen LogP contribution in [0.15, 0.2) is 22.7 Å². The lowest BCUT2D eigenvalue weighted by Crippen LogP contribution is -2.15. The van der Waals surface area contributed by atoms with Crippen LogP contribution in [0.2, 0.25) is 0 Å². The van der Waals surface area contributed by atoms with Crippen molar-refractivity contribution in [3.05, 3.63) is 35.5 Å². The second kappa shape index (κ2) is 4.72. The predicted octanol–water partition coefficient (Wildman–Crippen LogP) is 1.99. The number of aromatic nitrogens is 2. The summed E-state index contributed by atoms with van der Waals surface area (Å²) in [6.45, 7) is 2.65. The molecule has 6 heteroatoms. The van der Waals surface area contributed by atoms with Gasteiger partial charge in [0, 0.05) is 24.8 Å². The van der Waals surface area contributed by atoms with Crippen LogP contribution in [0.25, 0.3) is 0 Å². The summed E-state index contributed by atoms with van der Waals surface area (Å²) in [6.07, 6.45) is 2.13. The quantitative estimate of drug-likeness (QED) is 0.861. The van der Waals surface area contributed by atoms with Crippen molar-refractivity contribution in [1.29, 1.82) is 0 Å². The number of fused-ring (bicyclic) bond motifs is 1. The lowest BCUT2D eigenvalue weighted by molar-refractivity contribution is 0.101. The Hall–Kier alpha value is -2.37. The van der Waals surface area contributed by atoms with Gasteiger partial charge < -0.3 is 15.2 Å². The number of anilines is 2. The van der Waals surface area contributed by atoms with Gasteiger partial charge in [-0.25, -0.2) is 0 Å². The first kappa shape index (κ1) is 11.7. The standard InChI is InChI=1S/C13H14N4O2/c1-8-15-12(17-19-8)13(18)16-10-4-5-11-9(7-10)3-2-6-14-11/h4-5,7,14H,2-3,6H2,1H3,(H,16,18). The Bertz CT molecular complexity index is 621. The van der Waals surface area contributed by atoms with Crippen molar-refractivity contribution in [3.63, 3.8) is 0 Å². The Kier molecular flexibility index (Phi) is 2.91. The van der Waals surface area contributed by atoms with Gasteiger partial charge >= 0.3 is 0 Å².